The van der Waals surface area contributed by atoms with Crippen molar-refractivity contribution in [2.45, 2.75) is 89.9 Å². The minimum absolute atomic E-state index is 0.0597. The molecule has 1 unspecified atom stereocenters. The summed E-state index contributed by atoms with van der Waals surface area (Å²) >= 11 is 0. The van der Waals surface area contributed by atoms with E-state index in [4.69, 9.17) is 19.9 Å². The van der Waals surface area contributed by atoms with E-state index in [1.165, 1.54) is 32.1 Å². The van der Waals surface area contributed by atoms with Crippen LogP contribution in [0.2, 0.25) is 0 Å². The zero-order valence-electron chi connectivity index (χ0n) is 25.8. The van der Waals surface area contributed by atoms with Crippen molar-refractivity contribution in [1.29, 1.82) is 0 Å². The van der Waals surface area contributed by atoms with Gasteiger partial charge < -0.3 is 30.6 Å². The van der Waals surface area contributed by atoms with Crippen molar-refractivity contribution in [1.82, 2.24) is 20.5 Å². The first-order valence-electron chi connectivity index (χ1n) is 15.7. The first kappa shape index (κ1) is 32.2. The molecule has 2 heterocycles. The van der Waals surface area contributed by atoms with Crippen LogP contribution in [0.3, 0.4) is 0 Å². The van der Waals surface area contributed by atoms with Crippen LogP contribution in [-0.4, -0.2) is 72.9 Å². The Balaban J connectivity index is 1.35. The molecule has 232 valence electrons. The van der Waals surface area contributed by atoms with Crippen LogP contribution in [0.25, 0.3) is 0 Å². The monoisotopic (exact) mass is 581 g/mol. The first-order chi connectivity index (χ1) is 20.2. The Hall–Kier alpha value is -2.72. The van der Waals surface area contributed by atoms with Gasteiger partial charge in [0.2, 0.25) is 11.8 Å². The minimum Gasteiger partial charge on any atom is -0.439 e. The Kier molecular flexibility index (Phi) is 12.4. The number of rotatable bonds is 14. The summed E-state index contributed by atoms with van der Waals surface area (Å²) in [4.78, 5) is 20.0. The van der Waals surface area contributed by atoms with E-state index in [0.29, 0.717) is 37.1 Å². The molecule has 0 radical (unpaired) electrons. The average Bonchev–Trinajstić information content (AvgIpc) is 2.98. The van der Waals surface area contributed by atoms with Crippen molar-refractivity contribution in [3.63, 3.8) is 0 Å². The molecule has 9 nitrogen and oxygen atoms in total. The number of amides is 1. The lowest BCUT2D eigenvalue weighted by Gasteiger charge is -2.33. The van der Waals surface area contributed by atoms with E-state index in [1.807, 2.05) is 57.2 Å². The molecule has 0 bridgehead atoms. The van der Waals surface area contributed by atoms with E-state index in [0.717, 1.165) is 50.6 Å². The van der Waals surface area contributed by atoms with E-state index in [2.05, 4.69) is 20.5 Å². The Morgan fingerprint density at radius 3 is 2.60 bits per heavy atom. The summed E-state index contributed by atoms with van der Waals surface area (Å²) in [6.07, 6.45) is 9.06. The number of pyridine rings is 1. The number of nitrogens with zero attached hydrogens (tertiary/aromatic N) is 2. The molecule has 4 rings (SSSR count). The van der Waals surface area contributed by atoms with Crippen molar-refractivity contribution in [3.05, 3.63) is 48.2 Å². The van der Waals surface area contributed by atoms with Gasteiger partial charge in [-0.1, -0.05) is 37.5 Å². The number of nitrogen functional groups attached to an aromatic ring is 1. The highest BCUT2D eigenvalue weighted by Gasteiger charge is 2.26. The van der Waals surface area contributed by atoms with Crippen molar-refractivity contribution in [2.75, 3.05) is 45.2 Å². The number of anilines is 1. The summed E-state index contributed by atoms with van der Waals surface area (Å²) in [7, 11) is 0. The fourth-order valence-electron chi connectivity index (χ4n) is 5.76. The van der Waals surface area contributed by atoms with Crippen molar-refractivity contribution in [3.8, 4) is 11.6 Å². The maximum atomic E-state index is 13.3. The lowest BCUT2D eigenvalue weighted by atomic mass is 9.82. The van der Waals surface area contributed by atoms with Crippen LogP contribution >= 0.6 is 0 Å². The number of benzene rings is 1. The van der Waals surface area contributed by atoms with Crippen LogP contribution in [-0.2, 0) is 20.8 Å². The molecule has 2 aromatic rings. The zero-order chi connectivity index (χ0) is 29.8. The summed E-state index contributed by atoms with van der Waals surface area (Å²) in [6, 6.07) is 11.7. The summed E-state index contributed by atoms with van der Waals surface area (Å²) < 4.78 is 17.5. The number of aromatic nitrogens is 1. The topological polar surface area (TPSA) is 111 Å². The SMILES string of the molecule is CC(C)(C)OCC(CN1CCOCC1)NC(=O)CC[C@H](NCc1cc(Oc2ccccc2)ncc1N)C1CCCCC1. The summed E-state index contributed by atoms with van der Waals surface area (Å²) in [5.41, 5.74) is 7.64. The Morgan fingerprint density at radius 2 is 1.88 bits per heavy atom. The van der Waals surface area contributed by atoms with E-state index in [1.54, 1.807) is 6.20 Å². The molecular weight excluding hydrogens is 530 g/mol. The van der Waals surface area contributed by atoms with Crippen LogP contribution in [0.1, 0.15) is 71.3 Å². The molecule has 2 aliphatic rings. The third-order valence-electron chi connectivity index (χ3n) is 8.09. The highest BCUT2D eigenvalue weighted by Crippen LogP contribution is 2.29. The molecular formula is C33H51N5O4. The van der Waals surface area contributed by atoms with E-state index >= 15 is 0 Å². The van der Waals surface area contributed by atoms with Crippen LogP contribution < -0.4 is 21.1 Å². The Labute approximate surface area is 251 Å². The molecule has 1 amide bonds. The van der Waals surface area contributed by atoms with Gasteiger partial charge in [0.1, 0.15) is 5.75 Å². The van der Waals surface area contributed by atoms with Crippen LogP contribution in [0.4, 0.5) is 5.69 Å². The second-order valence-corrected chi connectivity index (χ2v) is 12.7. The number of para-hydroxylation sites is 1. The summed E-state index contributed by atoms with van der Waals surface area (Å²) in [5, 5.41) is 7.06. The summed E-state index contributed by atoms with van der Waals surface area (Å²) in [5.74, 6) is 1.88. The number of ether oxygens (including phenoxy) is 3. The molecule has 2 atom stereocenters. The van der Waals surface area contributed by atoms with Gasteiger partial charge >= 0.3 is 0 Å². The van der Waals surface area contributed by atoms with Gasteiger partial charge in [-0.05, 0) is 63.6 Å². The molecule has 1 aliphatic carbocycles. The van der Waals surface area contributed by atoms with Gasteiger partial charge in [0.15, 0.2) is 0 Å². The maximum absolute atomic E-state index is 13.3. The number of hydrogen-bond acceptors (Lipinski definition) is 8. The van der Waals surface area contributed by atoms with Gasteiger partial charge in [-0.2, -0.15) is 0 Å². The third-order valence-corrected chi connectivity index (χ3v) is 8.09. The van der Waals surface area contributed by atoms with Gasteiger partial charge in [0, 0.05) is 44.7 Å². The second kappa shape index (κ2) is 16.2. The quantitative estimate of drug-likeness (QED) is 0.289. The molecule has 9 heteroatoms. The lowest BCUT2D eigenvalue weighted by molar-refractivity contribution is -0.123. The Morgan fingerprint density at radius 1 is 1.14 bits per heavy atom. The molecule has 1 saturated heterocycles. The number of carbonyl (C=O) groups is 1. The van der Waals surface area contributed by atoms with E-state index in [9.17, 15) is 4.79 Å². The van der Waals surface area contributed by atoms with Crippen LogP contribution in [0.15, 0.2) is 42.6 Å². The lowest BCUT2D eigenvalue weighted by Crippen LogP contribution is -2.50. The largest absolute Gasteiger partial charge is 0.439 e. The number of morpholine rings is 1. The van der Waals surface area contributed by atoms with Crippen molar-refractivity contribution < 1.29 is 19.0 Å². The van der Waals surface area contributed by atoms with Gasteiger partial charge in [0.05, 0.1) is 43.3 Å². The fourth-order valence-corrected chi connectivity index (χ4v) is 5.76. The zero-order valence-corrected chi connectivity index (χ0v) is 25.8. The standard InChI is InChI=1S/C33H51N5O4/c1-33(2,3)41-24-27(23-38-16-18-40-19-17-38)37-31(39)15-14-30(25-10-6-4-7-11-25)35-21-26-20-32(36-22-29(26)34)42-28-12-8-5-9-13-28/h5,8-9,12-13,20,22,25,27,30,35H,4,6-7,10-11,14-19,21,23-24,34H2,1-3H3,(H,37,39)/t27?,30-/m0/s1. The molecule has 1 aliphatic heterocycles. The highest BCUT2D eigenvalue weighted by molar-refractivity contribution is 5.76. The molecule has 2 fully saturated rings. The molecule has 4 N–H and O–H groups in total. The molecule has 1 aromatic heterocycles. The van der Waals surface area contributed by atoms with Gasteiger partial charge in [0.25, 0.3) is 0 Å². The molecule has 1 aromatic carbocycles. The predicted molar refractivity (Wildman–Crippen MR) is 166 cm³/mol. The van der Waals surface area contributed by atoms with Gasteiger partial charge in [-0.25, -0.2) is 4.98 Å². The number of hydrogen-bond donors (Lipinski definition) is 3. The van der Waals surface area contributed by atoms with Gasteiger partial charge in [-0.15, -0.1) is 0 Å². The Bertz CT molecular complexity index is 1080. The normalized spacial score (nSPS) is 18.4. The van der Waals surface area contributed by atoms with E-state index < -0.39 is 0 Å². The third kappa shape index (κ3) is 11.2. The van der Waals surface area contributed by atoms with Crippen molar-refractivity contribution >= 4 is 11.6 Å². The molecule has 1 saturated carbocycles. The smallest absolute Gasteiger partial charge is 0.220 e. The predicted octanol–water partition coefficient (Wildman–Crippen LogP) is 4.91. The second-order valence-electron chi connectivity index (χ2n) is 12.7. The van der Waals surface area contributed by atoms with Crippen LogP contribution in [0, 0.1) is 5.92 Å². The maximum Gasteiger partial charge on any atom is 0.220 e. The average molecular weight is 582 g/mol. The highest BCUT2D eigenvalue weighted by atomic mass is 16.5. The number of carbonyl (C=O) groups excluding carboxylic acids is 1. The molecule has 42 heavy (non-hydrogen) atoms. The number of nitrogens with two attached hydrogens (primary N) is 1. The van der Waals surface area contributed by atoms with Crippen molar-refractivity contribution in [2.24, 2.45) is 5.92 Å². The van der Waals surface area contributed by atoms with Gasteiger partial charge in [-0.3, -0.25) is 9.69 Å². The van der Waals surface area contributed by atoms with E-state index in [-0.39, 0.29) is 23.6 Å². The number of nitrogens with one attached hydrogen (secondary N) is 2. The van der Waals surface area contributed by atoms with Crippen LogP contribution in [0.5, 0.6) is 11.6 Å². The minimum atomic E-state index is -0.259. The molecule has 0 spiro atoms. The fraction of sp³-hybridized carbons (Fsp3) is 0.636. The summed E-state index contributed by atoms with van der Waals surface area (Å²) in [6.45, 7) is 11.2. The first-order valence-corrected chi connectivity index (χ1v) is 15.7.